The standard InChI is InChI=1S/C16H22O3/c1-12-6-5-7-13(10-11-17)14(12)8-9-15(18)19-16(2,3)4/h5-9,17H,10-11H2,1-4H3/b9-8+. The molecule has 104 valence electrons. The number of esters is 1. The quantitative estimate of drug-likeness (QED) is 0.670. The molecular weight excluding hydrogens is 240 g/mol. The monoisotopic (exact) mass is 262 g/mol. The number of carbonyl (C=O) groups excluding carboxylic acids is 1. The number of rotatable bonds is 4. The number of benzene rings is 1. The molecule has 0 spiro atoms. The van der Waals surface area contributed by atoms with Crippen LogP contribution in [0.1, 0.15) is 37.5 Å². The Morgan fingerprint density at radius 3 is 2.63 bits per heavy atom. The molecule has 0 aliphatic carbocycles. The van der Waals surface area contributed by atoms with Crippen molar-refractivity contribution in [1.29, 1.82) is 0 Å². The molecule has 0 aliphatic heterocycles. The van der Waals surface area contributed by atoms with Crippen LogP contribution in [0, 0.1) is 6.92 Å². The first kappa shape index (κ1) is 15.4. The van der Waals surface area contributed by atoms with Crippen molar-refractivity contribution in [3.05, 3.63) is 41.0 Å². The summed E-state index contributed by atoms with van der Waals surface area (Å²) in [5.74, 6) is -0.356. The first-order valence-electron chi connectivity index (χ1n) is 6.44. The average molecular weight is 262 g/mol. The molecule has 1 aromatic rings. The SMILES string of the molecule is Cc1cccc(CCO)c1/C=C/C(=O)OC(C)(C)C. The van der Waals surface area contributed by atoms with Gasteiger partial charge in [0.15, 0.2) is 0 Å². The minimum atomic E-state index is -0.485. The van der Waals surface area contributed by atoms with E-state index in [-0.39, 0.29) is 12.6 Å². The molecule has 0 saturated carbocycles. The molecule has 0 aliphatic rings. The third kappa shape index (κ3) is 5.26. The maximum atomic E-state index is 11.7. The number of carbonyl (C=O) groups is 1. The largest absolute Gasteiger partial charge is 0.457 e. The minimum Gasteiger partial charge on any atom is -0.457 e. The van der Waals surface area contributed by atoms with E-state index in [4.69, 9.17) is 9.84 Å². The Balaban J connectivity index is 2.89. The van der Waals surface area contributed by atoms with Crippen LogP contribution in [0.15, 0.2) is 24.3 Å². The number of aryl methyl sites for hydroxylation is 1. The molecule has 0 saturated heterocycles. The Bertz CT molecular complexity index is 467. The van der Waals surface area contributed by atoms with Gasteiger partial charge in [-0.15, -0.1) is 0 Å². The second-order valence-corrected chi connectivity index (χ2v) is 5.49. The fourth-order valence-corrected chi connectivity index (χ4v) is 1.81. The van der Waals surface area contributed by atoms with Gasteiger partial charge in [0.05, 0.1) is 0 Å². The number of ether oxygens (including phenoxy) is 1. The molecule has 1 rings (SSSR count). The van der Waals surface area contributed by atoms with Crippen LogP contribution in [-0.2, 0) is 16.0 Å². The number of aliphatic hydroxyl groups excluding tert-OH is 1. The van der Waals surface area contributed by atoms with Crippen LogP contribution in [0.2, 0.25) is 0 Å². The van der Waals surface area contributed by atoms with E-state index < -0.39 is 5.60 Å². The summed E-state index contributed by atoms with van der Waals surface area (Å²) in [6.07, 6.45) is 3.78. The predicted molar refractivity (Wildman–Crippen MR) is 76.8 cm³/mol. The highest BCUT2D eigenvalue weighted by Crippen LogP contribution is 2.17. The van der Waals surface area contributed by atoms with Crippen molar-refractivity contribution in [3.63, 3.8) is 0 Å². The van der Waals surface area contributed by atoms with Crippen molar-refractivity contribution in [2.24, 2.45) is 0 Å². The Morgan fingerprint density at radius 1 is 1.37 bits per heavy atom. The van der Waals surface area contributed by atoms with Crippen LogP contribution in [0.3, 0.4) is 0 Å². The zero-order chi connectivity index (χ0) is 14.5. The van der Waals surface area contributed by atoms with E-state index in [9.17, 15) is 4.79 Å². The molecule has 0 heterocycles. The smallest absolute Gasteiger partial charge is 0.331 e. The van der Waals surface area contributed by atoms with E-state index in [1.807, 2.05) is 45.9 Å². The van der Waals surface area contributed by atoms with E-state index in [1.54, 1.807) is 6.08 Å². The molecule has 0 unspecified atom stereocenters. The van der Waals surface area contributed by atoms with Crippen molar-refractivity contribution in [2.75, 3.05) is 6.61 Å². The van der Waals surface area contributed by atoms with Gasteiger partial charge in [-0.3, -0.25) is 0 Å². The highest BCUT2D eigenvalue weighted by molar-refractivity contribution is 5.87. The first-order valence-corrected chi connectivity index (χ1v) is 6.44. The van der Waals surface area contributed by atoms with Gasteiger partial charge in [-0.05, 0) is 56.9 Å². The van der Waals surface area contributed by atoms with Gasteiger partial charge in [-0.2, -0.15) is 0 Å². The molecule has 1 aromatic carbocycles. The highest BCUT2D eigenvalue weighted by Gasteiger charge is 2.14. The normalized spacial score (nSPS) is 11.8. The van der Waals surface area contributed by atoms with Crippen molar-refractivity contribution in [2.45, 2.75) is 39.7 Å². The zero-order valence-corrected chi connectivity index (χ0v) is 12.1. The Morgan fingerprint density at radius 2 is 2.05 bits per heavy atom. The molecule has 1 N–H and O–H groups in total. The van der Waals surface area contributed by atoms with Crippen LogP contribution < -0.4 is 0 Å². The summed E-state index contributed by atoms with van der Waals surface area (Å²) in [6.45, 7) is 7.59. The van der Waals surface area contributed by atoms with Crippen molar-refractivity contribution in [1.82, 2.24) is 0 Å². The number of aliphatic hydroxyl groups is 1. The Labute approximate surface area is 114 Å². The molecular formula is C16H22O3. The van der Waals surface area contributed by atoms with Gasteiger partial charge in [-0.25, -0.2) is 4.79 Å². The van der Waals surface area contributed by atoms with Gasteiger partial charge in [0.25, 0.3) is 0 Å². The molecule has 0 radical (unpaired) electrons. The van der Waals surface area contributed by atoms with E-state index in [0.717, 1.165) is 16.7 Å². The molecule has 0 amide bonds. The summed E-state index contributed by atoms with van der Waals surface area (Å²) in [5, 5.41) is 9.05. The molecule has 0 fully saturated rings. The van der Waals surface area contributed by atoms with Crippen LogP contribution in [0.25, 0.3) is 6.08 Å². The molecule has 3 heteroatoms. The number of hydrogen-bond donors (Lipinski definition) is 1. The topological polar surface area (TPSA) is 46.5 Å². The molecule has 0 atom stereocenters. The molecule has 0 bridgehead atoms. The lowest BCUT2D eigenvalue weighted by Crippen LogP contribution is -2.22. The maximum Gasteiger partial charge on any atom is 0.331 e. The summed E-state index contributed by atoms with van der Waals surface area (Å²) in [6, 6.07) is 5.89. The zero-order valence-electron chi connectivity index (χ0n) is 12.1. The minimum absolute atomic E-state index is 0.0940. The lowest BCUT2D eigenvalue weighted by Gasteiger charge is -2.18. The Kier molecular flexibility index (Phi) is 5.31. The second-order valence-electron chi connectivity index (χ2n) is 5.49. The van der Waals surface area contributed by atoms with E-state index >= 15 is 0 Å². The van der Waals surface area contributed by atoms with Gasteiger partial charge in [-0.1, -0.05) is 18.2 Å². The van der Waals surface area contributed by atoms with Crippen LogP contribution in [0.5, 0.6) is 0 Å². The van der Waals surface area contributed by atoms with Gasteiger partial charge < -0.3 is 9.84 Å². The third-order valence-electron chi connectivity index (χ3n) is 2.59. The summed E-state index contributed by atoms with van der Waals surface area (Å²) in [4.78, 5) is 11.7. The molecule has 3 nitrogen and oxygen atoms in total. The van der Waals surface area contributed by atoms with E-state index in [0.29, 0.717) is 6.42 Å². The van der Waals surface area contributed by atoms with E-state index in [2.05, 4.69) is 0 Å². The van der Waals surface area contributed by atoms with Gasteiger partial charge in [0.1, 0.15) is 5.60 Å². The summed E-state index contributed by atoms with van der Waals surface area (Å²) < 4.78 is 5.22. The summed E-state index contributed by atoms with van der Waals surface area (Å²) in [5.41, 5.74) is 2.59. The van der Waals surface area contributed by atoms with E-state index in [1.165, 1.54) is 6.08 Å². The summed E-state index contributed by atoms with van der Waals surface area (Å²) >= 11 is 0. The van der Waals surface area contributed by atoms with Crippen LogP contribution in [0.4, 0.5) is 0 Å². The lowest BCUT2D eigenvalue weighted by atomic mass is 9.99. The van der Waals surface area contributed by atoms with Gasteiger partial charge >= 0.3 is 5.97 Å². The molecule has 0 aromatic heterocycles. The maximum absolute atomic E-state index is 11.7. The van der Waals surface area contributed by atoms with Crippen LogP contribution in [-0.4, -0.2) is 23.3 Å². The third-order valence-corrected chi connectivity index (χ3v) is 2.59. The predicted octanol–water partition coefficient (Wildman–Crippen LogP) is 2.88. The fourth-order valence-electron chi connectivity index (χ4n) is 1.81. The number of hydrogen-bond acceptors (Lipinski definition) is 3. The lowest BCUT2D eigenvalue weighted by molar-refractivity contribution is -0.148. The van der Waals surface area contributed by atoms with Crippen molar-refractivity contribution in [3.8, 4) is 0 Å². The molecule has 19 heavy (non-hydrogen) atoms. The fraction of sp³-hybridized carbons (Fsp3) is 0.438. The summed E-state index contributed by atoms with van der Waals surface area (Å²) in [7, 11) is 0. The highest BCUT2D eigenvalue weighted by atomic mass is 16.6. The van der Waals surface area contributed by atoms with Crippen molar-refractivity contribution < 1.29 is 14.6 Å². The van der Waals surface area contributed by atoms with Crippen molar-refractivity contribution >= 4 is 12.0 Å². The Hall–Kier alpha value is -1.61. The van der Waals surface area contributed by atoms with Gasteiger partial charge in [0.2, 0.25) is 0 Å². The average Bonchev–Trinajstić information content (AvgIpc) is 2.26. The second kappa shape index (κ2) is 6.53. The van der Waals surface area contributed by atoms with Gasteiger partial charge in [0, 0.05) is 12.7 Å². The first-order chi connectivity index (χ1) is 8.83. The van der Waals surface area contributed by atoms with Crippen LogP contribution >= 0.6 is 0 Å².